The van der Waals surface area contributed by atoms with Crippen molar-refractivity contribution in [3.63, 3.8) is 0 Å². The van der Waals surface area contributed by atoms with E-state index in [0.29, 0.717) is 49.2 Å². The van der Waals surface area contributed by atoms with Crippen molar-refractivity contribution >= 4 is 22.4 Å². The van der Waals surface area contributed by atoms with Crippen LogP contribution in [-0.4, -0.2) is 59.0 Å². The van der Waals surface area contributed by atoms with Crippen LogP contribution in [0.4, 0.5) is 0 Å². The number of rotatable bonds is 24. The number of carbonyl (C=O) groups is 1. The molecule has 0 aromatic heterocycles. The van der Waals surface area contributed by atoms with E-state index in [1.807, 2.05) is 32.0 Å². The molecule has 47 heavy (non-hydrogen) atoms. The number of aliphatic hydroxyl groups is 1. The van der Waals surface area contributed by atoms with E-state index in [2.05, 4.69) is 96.8 Å². The number of ether oxygens (including phenoxy) is 1. The van der Waals surface area contributed by atoms with Crippen LogP contribution in [0.25, 0.3) is 10.4 Å². The molecule has 0 aliphatic carbocycles. The third-order valence-corrected chi connectivity index (χ3v) is 16.3. The monoisotopic (exact) mass is 689 g/mol. The highest BCUT2D eigenvalue weighted by atomic mass is 28.4. The number of carbonyl (C=O) groups excluding carboxylic acids is 1. The molecule has 10 heteroatoms. The van der Waals surface area contributed by atoms with Crippen LogP contribution in [0.2, 0.25) is 36.3 Å². The van der Waals surface area contributed by atoms with Gasteiger partial charge in [0.2, 0.25) is 8.32 Å². The molecular formula is C37H67N3O5Si2. The Labute approximate surface area is 288 Å². The highest BCUT2D eigenvalue weighted by Crippen LogP contribution is 2.44. The summed E-state index contributed by atoms with van der Waals surface area (Å²) in [5.74, 6) is -0.00565. The Hall–Kier alpha value is -1.79. The Morgan fingerprint density at radius 2 is 1.47 bits per heavy atom. The molecule has 0 fully saturated rings. The average molecular weight is 690 g/mol. The molecule has 6 atom stereocenters. The van der Waals surface area contributed by atoms with E-state index in [0.717, 1.165) is 17.6 Å². The van der Waals surface area contributed by atoms with E-state index < -0.39 is 28.8 Å². The van der Waals surface area contributed by atoms with E-state index in [-0.39, 0.29) is 36.1 Å². The number of aliphatic hydroxyl groups excluding tert-OH is 1. The molecule has 0 bridgehead atoms. The van der Waals surface area contributed by atoms with Gasteiger partial charge in [-0.05, 0) is 78.5 Å². The SMILES string of the molecule is C=C(COCc1ccccc1)C[C@@H](C)C[C@@H](O[Si](C(C)C)(C(C)C)C(C)C)[C@@H](O[Si](C)(C)C)[C@@H](O)CC(=O)[C@@H](C)C[C@@H](C)CN=[N+]=[N-]. The van der Waals surface area contributed by atoms with Crippen LogP contribution in [0.3, 0.4) is 0 Å². The van der Waals surface area contributed by atoms with Gasteiger partial charge in [0.1, 0.15) is 5.78 Å². The van der Waals surface area contributed by atoms with Crippen LogP contribution in [0, 0.1) is 17.8 Å². The second kappa shape index (κ2) is 20.7. The van der Waals surface area contributed by atoms with Gasteiger partial charge in [0.25, 0.3) is 0 Å². The Morgan fingerprint density at radius 1 is 0.894 bits per heavy atom. The van der Waals surface area contributed by atoms with Gasteiger partial charge in [0.05, 0.1) is 31.5 Å². The molecule has 0 aliphatic heterocycles. The summed E-state index contributed by atoms with van der Waals surface area (Å²) in [5, 5.41) is 15.5. The predicted molar refractivity (Wildman–Crippen MR) is 200 cm³/mol. The molecule has 8 nitrogen and oxygen atoms in total. The Balaban J connectivity index is 3.33. The van der Waals surface area contributed by atoms with Gasteiger partial charge in [-0.3, -0.25) is 4.79 Å². The first-order valence-electron chi connectivity index (χ1n) is 17.7. The fourth-order valence-corrected chi connectivity index (χ4v) is 13.9. The fraction of sp³-hybridized carbons (Fsp3) is 0.757. The summed E-state index contributed by atoms with van der Waals surface area (Å²) < 4.78 is 20.2. The van der Waals surface area contributed by atoms with Crippen LogP contribution < -0.4 is 0 Å². The molecule has 0 aliphatic rings. The van der Waals surface area contributed by atoms with Gasteiger partial charge in [-0.1, -0.05) is 110 Å². The van der Waals surface area contributed by atoms with Crippen LogP contribution >= 0.6 is 0 Å². The van der Waals surface area contributed by atoms with Crippen molar-refractivity contribution in [1.82, 2.24) is 0 Å². The summed E-state index contributed by atoms with van der Waals surface area (Å²) in [6, 6.07) is 10.1. The minimum atomic E-state index is -2.38. The van der Waals surface area contributed by atoms with Crippen LogP contribution in [0.5, 0.6) is 0 Å². The van der Waals surface area contributed by atoms with E-state index >= 15 is 0 Å². The predicted octanol–water partition coefficient (Wildman–Crippen LogP) is 10.2. The summed E-state index contributed by atoms with van der Waals surface area (Å²) in [6.07, 6.45) is 0.0258. The van der Waals surface area contributed by atoms with Crippen molar-refractivity contribution in [3.8, 4) is 0 Å². The minimum absolute atomic E-state index is 0.00157. The maximum absolute atomic E-state index is 13.5. The minimum Gasteiger partial charge on any atom is -0.410 e. The van der Waals surface area contributed by atoms with Crippen molar-refractivity contribution in [2.75, 3.05) is 13.2 Å². The van der Waals surface area contributed by atoms with E-state index in [4.69, 9.17) is 19.1 Å². The van der Waals surface area contributed by atoms with Gasteiger partial charge in [-0.2, -0.15) is 0 Å². The van der Waals surface area contributed by atoms with Gasteiger partial charge in [0.15, 0.2) is 8.32 Å². The van der Waals surface area contributed by atoms with Crippen LogP contribution in [0.1, 0.15) is 93.6 Å². The summed E-state index contributed by atoms with van der Waals surface area (Å²) in [4.78, 5) is 16.3. The molecule has 0 unspecified atom stereocenters. The van der Waals surface area contributed by atoms with Crippen molar-refractivity contribution in [3.05, 3.63) is 58.5 Å². The quantitative estimate of drug-likeness (QED) is 0.0381. The van der Waals surface area contributed by atoms with Gasteiger partial charge >= 0.3 is 0 Å². The molecule has 0 saturated carbocycles. The smallest absolute Gasteiger partial charge is 0.200 e. The highest BCUT2D eigenvalue weighted by Gasteiger charge is 2.49. The third-order valence-electron chi connectivity index (χ3n) is 9.16. The summed E-state index contributed by atoms with van der Waals surface area (Å²) >= 11 is 0. The lowest BCUT2D eigenvalue weighted by Crippen LogP contribution is -2.56. The molecule has 268 valence electrons. The second-order valence-corrected chi connectivity index (χ2v) is 25.7. The maximum Gasteiger partial charge on any atom is 0.200 e. The normalized spacial score (nSPS) is 16.4. The van der Waals surface area contributed by atoms with Gasteiger partial charge < -0.3 is 18.7 Å². The highest BCUT2D eigenvalue weighted by molar-refractivity contribution is 6.77. The fourth-order valence-electron chi connectivity index (χ4n) is 7.16. The molecular weight excluding hydrogens is 623 g/mol. The second-order valence-electron chi connectivity index (χ2n) is 15.8. The molecule has 0 heterocycles. The first-order chi connectivity index (χ1) is 21.8. The number of hydrogen-bond acceptors (Lipinski definition) is 6. The van der Waals surface area contributed by atoms with E-state index in [1.165, 1.54) is 0 Å². The Morgan fingerprint density at radius 3 is 1.98 bits per heavy atom. The number of nitrogens with zero attached hydrogens (tertiary/aromatic N) is 3. The van der Waals surface area contributed by atoms with E-state index in [9.17, 15) is 9.90 Å². The number of Topliss-reactive ketones (excluding diaryl/α,β-unsaturated/α-hetero) is 1. The number of azide groups is 1. The molecule has 1 N–H and O–H groups in total. The number of benzene rings is 1. The maximum atomic E-state index is 13.5. The zero-order chi connectivity index (χ0) is 35.9. The lowest BCUT2D eigenvalue weighted by atomic mass is 9.88. The molecule has 0 radical (unpaired) electrons. The topological polar surface area (TPSA) is 114 Å². The van der Waals surface area contributed by atoms with Crippen molar-refractivity contribution in [2.45, 2.75) is 149 Å². The average Bonchev–Trinajstić information content (AvgIpc) is 2.96. The lowest BCUT2D eigenvalue weighted by Gasteiger charge is -2.48. The van der Waals surface area contributed by atoms with E-state index in [1.54, 1.807) is 0 Å². The molecule has 1 rings (SSSR count). The summed E-state index contributed by atoms with van der Waals surface area (Å²) in [5.41, 5.74) is 11.9. The summed E-state index contributed by atoms with van der Waals surface area (Å²) in [6.45, 7) is 31.8. The van der Waals surface area contributed by atoms with Crippen molar-refractivity contribution in [1.29, 1.82) is 0 Å². The Bertz CT molecular complexity index is 1100. The van der Waals surface area contributed by atoms with Gasteiger partial charge in [-0.15, -0.1) is 0 Å². The molecule has 1 aromatic rings. The standard InChI is InChI=1S/C37H67N3O5Si2/c1-26(2)47(27(3)4,28(5)6)44-36(21-29(7)19-31(9)24-43-25-33-17-15-14-16-18-33)37(45-46(11,12)13)35(42)22-34(41)32(10)20-30(8)23-39-40-38/h14-18,26-30,32,35-37,42H,9,19-25H2,1-8,10-13H3/t29-,30-,32+,35+,36-,37+/m1/s1. The van der Waals surface area contributed by atoms with Crippen LogP contribution in [0.15, 0.2) is 47.6 Å². The first kappa shape index (κ1) is 43.2. The third kappa shape index (κ3) is 15.1. The van der Waals surface area contributed by atoms with Gasteiger partial charge in [0, 0.05) is 23.8 Å². The molecule has 0 saturated heterocycles. The van der Waals surface area contributed by atoms with Crippen molar-refractivity contribution < 1.29 is 23.5 Å². The lowest BCUT2D eigenvalue weighted by molar-refractivity contribution is -0.128. The first-order valence-corrected chi connectivity index (χ1v) is 23.2. The number of ketones is 1. The number of hydrogen-bond donors (Lipinski definition) is 1. The van der Waals surface area contributed by atoms with Crippen LogP contribution in [-0.2, 0) is 25.0 Å². The largest absolute Gasteiger partial charge is 0.410 e. The zero-order valence-corrected chi connectivity index (χ0v) is 33.7. The summed E-state index contributed by atoms with van der Waals surface area (Å²) in [7, 11) is -4.56. The zero-order valence-electron chi connectivity index (χ0n) is 31.7. The van der Waals surface area contributed by atoms with Gasteiger partial charge in [-0.25, -0.2) is 0 Å². The molecule has 0 spiro atoms. The van der Waals surface area contributed by atoms with Crippen molar-refractivity contribution in [2.24, 2.45) is 22.9 Å². The molecule has 0 amide bonds. The Kier molecular flexibility index (Phi) is 19.0. The molecule has 1 aromatic carbocycles.